The van der Waals surface area contributed by atoms with E-state index >= 15 is 0 Å². The van der Waals surface area contributed by atoms with E-state index in [4.69, 9.17) is 9.47 Å². The zero-order valence-electron chi connectivity index (χ0n) is 13.8. The second-order valence-corrected chi connectivity index (χ2v) is 6.46. The summed E-state index contributed by atoms with van der Waals surface area (Å²) in [6.45, 7) is 7.62. The van der Waals surface area contributed by atoms with Gasteiger partial charge in [-0.2, -0.15) is 0 Å². The van der Waals surface area contributed by atoms with Crippen molar-refractivity contribution in [1.29, 1.82) is 0 Å². The van der Waals surface area contributed by atoms with Crippen LogP contribution >= 0.6 is 0 Å². The molecular formula is C18H29NO2. The minimum absolute atomic E-state index is 0.398. The summed E-state index contributed by atoms with van der Waals surface area (Å²) < 4.78 is 11.3. The fraction of sp³-hybridized carbons (Fsp3) is 0.667. The van der Waals surface area contributed by atoms with Gasteiger partial charge in [0.15, 0.2) is 0 Å². The van der Waals surface area contributed by atoms with Gasteiger partial charge in [0.2, 0.25) is 0 Å². The standard InChI is InChI=1S/C18H29NO2/c1-13(2)18-12-16(9-10-21-18)19-14(3)11-15-7-5-6-8-17(15)20-4/h5-8,13-14,16,18-19H,9-12H2,1-4H3. The summed E-state index contributed by atoms with van der Waals surface area (Å²) in [5.41, 5.74) is 1.27. The summed E-state index contributed by atoms with van der Waals surface area (Å²) in [4.78, 5) is 0. The van der Waals surface area contributed by atoms with Gasteiger partial charge in [-0.3, -0.25) is 0 Å². The first-order valence-electron chi connectivity index (χ1n) is 8.09. The molecule has 1 heterocycles. The number of nitrogens with one attached hydrogen (secondary N) is 1. The molecule has 1 aliphatic heterocycles. The molecule has 0 aliphatic carbocycles. The SMILES string of the molecule is COc1ccccc1CC(C)NC1CCOC(C(C)C)C1. The molecule has 3 nitrogen and oxygen atoms in total. The van der Waals surface area contributed by atoms with Crippen molar-refractivity contribution < 1.29 is 9.47 Å². The van der Waals surface area contributed by atoms with Gasteiger partial charge in [-0.15, -0.1) is 0 Å². The molecule has 2 rings (SSSR count). The Hall–Kier alpha value is -1.06. The summed E-state index contributed by atoms with van der Waals surface area (Å²) in [6, 6.07) is 9.29. The lowest BCUT2D eigenvalue weighted by Gasteiger charge is -2.34. The topological polar surface area (TPSA) is 30.5 Å². The molecule has 3 unspecified atom stereocenters. The average molecular weight is 291 g/mol. The van der Waals surface area contributed by atoms with Crippen LogP contribution in [0.15, 0.2) is 24.3 Å². The van der Waals surface area contributed by atoms with Crippen LogP contribution in [0.1, 0.15) is 39.2 Å². The summed E-state index contributed by atoms with van der Waals surface area (Å²) in [5.74, 6) is 1.58. The van der Waals surface area contributed by atoms with E-state index in [1.54, 1.807) is 7.11 Å². The van der Waals surface area contributed by atoms with Crippen LogP contribution in [0.3, 0.4) is 0 Å². The maximum atomic E-state index is 5.85. The van der Waals surface area contributed by atoms with Crippen LogP contribution in [0.2, 0.25) is 0 Å². The van der Waals surface area contributed by atoms with Crippen molar-refractivity contribution in [2.24, 2.45) is 5.92 Å². The molecule has 0 bridgehead atoms. The van der Waals surface area contributed by atoms with Crippen molar-refractivity contribution in [1.82, 2.24) is 5.32 Å². The van der Waals surface area contributed by atoms with Crippen LogP contribution in [0, 0.1) is 5.92 Å². The molecule has 0 spiro atoms. The maximum absolute atomic E-state index is 5.85. The van der Waals surface area contributed by atoms with E-state index in [1.807, 2.05) is 12.1 Å². The average Bonchev–Trinajstić information content (AvgIpc) is 2.48. The predicted octanol–water partition coefficient (Wildman–Crippen LogP) is 3.42. The molecular weight excluding hydrogens is 262 g/mol. The van der Waals surface area contributed by atoms with E-state index in [9.17, 15) is 0 Å². The number of rotatable bonds is 6. The van der Waals surface area contributed by atoms with E-state index in [0.29, 0.717) is 24.1 Å². The van der Waals surface area contributed by atoms with E-state index in [0.717, 1.165) is 31.6 Å². The van der Waals surface area contributed by atoms with E-state index in [1.165, 1.54) is 5.56 Å². The van der Waals surface area contributed by atoms with Crippen LogP contribution in [0.25, 0.3) is 0 Å². The van der Waals surface area contributed by atoms with Crippen LogP contribution in [-0.2, 0) is 11.2 Å². The van der Waals surface area contributed by atoms with Crippen molar-refractivity contribution in [3.63, 3.8) is 0 Å². The molecule has 1 aliphatic rings. The molecule has 21 heavy (non-hydrogen) atoms. The summed E-state index contributed by atoms with van der Waals surface area (Å²) in [5, 5.41) is 3.77. The molecule has 3 heteroatoms. The molecule has 1 aromatic rings. The fourth-order valence-electron chi connectivity index (χ4n) is 3.11. The third kappa shape index (κ3) is 4.72. The smallest absolute Gasteiger partial charge is 0.122 e. The molecule has 0 saturated carbocycles. The molecule has 0 amide bonds. The third-order valence-electron chi connectivity index (χ3n) is 4.30. The predicted molar refractivity (Wildman–Crippen MR) is 86.9 cm³/mol. The highest BCUT2D eigenvalue weighted by Crippen LogP contribution is 2.22. The lowest BCUT2D eigenvalue weighted by atomic mass is 9.94. The van der Waals surface area contributed by atoms with Gasteiger partial charge >= 0.3 is 0 Å². The lowest BCUT2D eigenvalue weighted by molar-refractivity contribution is -0.0256. The molecule has 118 valence electrons. The highest BCUT2D eigenvalue weighted by Gasteiger charge is 2.25. The van der Waals surface area contributed by atoms with Crippen molar-refractivity contribution in [2.75, 3.05) is 13.7 Å². The second kappa shape index (κ2) is 7.81. The molecule has 0 aromatic heterocycles. The third-order valence-corrected chi connectivity index (χ3v) is 4.30. The quantitative estimate of drug-likeness (QED) is 0.871. The summed E-state index contributed by atoms with van der Waals surface area (Å²) in [7, 11) is 1.74. The number of benzene rings is 1. The zero-order chi connectivity index (χ0) is 15.2. The van der Waals surface area contributed by atoms with Crippen LogP contribution in [-0.4, -0.2) is 31.9 Å². The number of para-hydroxylation sites is 1. The summed E-state index contributed by atoms with van der Waals surface area (Å²) in [6.07, 6.45) is 3.62. The Labute approximate surface area is 129 Å². The van der Waals surface area contributed by atoms with Gasteiger partial charge < -0.3 is 14.8 Å². The zero-order valence-corrected chi connectivity index (χ0v) is 13.8. The first-order chi connectivity index (χ1) is 10.1. The summed E-state index contributed by atoms with van der Waals surface area (Å²) >= 11 is 0. The Bertz CT molecular complexity index is 433. The van der Waals surface area contributed by atoms with Crippen molar-refractivity contribution in [3.05, 3.63) is 29.8 Å². The highest BCUT2D eigenvalue weighted by atomic mass is 16.5. The maximum Gasteiger partial charge on any atom is 0.122 e. The number of methoxy groups -OCH3 is 1. The Morgan fingerprint density at radius 2 is 2.05 bits per heavy atom. The van der Waals surface area contributed by atoms with Gasteiger partial charge in [0, 0.05) is 18.7 Å². The number of hydrogen-bond donors (Lipinski definition) is 1. The molecule has 1 N–H and O–H groups in total. The van der Waals surface area contributed by atoms with Crippen LogP contribution in [0.4, 0.5) is 0 Å². The number of ether oxygens (including phenoxy) is 2. The fourth-order valence-corrected chi connectivity index (χ4v) is 3.11. The van der Waals surface area contributed by atoms with Gasteiger partial charge in [0.05, 0.1) is 13.2 Å². The first kappa shape index (κ1) is 16.3. The van der Waals surface area contributed by atoms with Gasteiger partial charge in [-0.25, -0.2) is 0 Å². The molecule has 1 saturated heterocycles. The van der Waals surface area contributed by atoms with E-state index in [-0.39, 0.29) is 0 Å². The van der Waals surface area contributed by atoms with Crippen molar-refractivity contribution >= 4 is 0 Å². The monoisotopic (exact) mass is 291 g/mol. The van der Waals surface area contributed by atoms with E-state index < -0.39 is 0 Å². The van der Waals surface area contributed by atoms with Crippen molar-refractivity contribution in [3.8, 4) is 5.75 Å². The highest BCUT2D eigenvalue weighted by molar-refractivity contribution is 5.33. The first-order valence-corrected chi connectivity index (χ1v) is 8.09. The van der Waals surface area contributed by atoms with Crippen molar-refractivity contribution in [2.45, 2.75) is 58.2 Å². The minimum atomic E-state index is 0.398. The van der Waals surface area contributed by atoms with Crippen LogP contribution < -0.4 is 10.1 Å². The largest absolute Gasteiger partial charge is 0.496 e. The minimum Gasteiger partial charge on any atom is -0.496 e. The molecule has 1 fully saturated rings. The van der Waals surface area contributed by atoms with Gasteiger partial charge in [-0.05, 0) is 43.7 Å². The van der Waals surface area contributed by atoms with Gasteiger partial charge in [0.25, 0.3) is 0 Å². The lowest BCUT2D eigenvalue weighted by Crippen LogP contribution is -2.45. The molecule has 3 atom stereocenters. The van der Waals surface area contributed by atoms with Gasteiger partial charge in [-0.1, -0.05) is 32.0 Å². The Morgan fingerprint density at radius 3 is 2.76 bits per heavy atom. The normalized spacial score (nSPS) is 24.0. The molecule has 1 aromatic carbocycles. The Kier molecular flexibility index (Phi) is 6.07. The van der Waals surface area contributed by atoms with Gasteiger partial charge in [0.1, 0.15) is 5.75 Å². The Morgan fingerprint density at radius 1 is 1.29 bits per heavy atom. The second-order valence-electron chi connectivity index (χ2n) is 6.46. The Balaban J connectivity index is 1.88. The van der Waals surface area contributed by atoms with E-state index in [2.05, 4.69) is 38.2 Å². The molecule has 0 radical (unpaired) electrons. The van der Waals surface area contributed by atoms with Crippen LogP contribution in [0.5, 0.6) is 5.75 Å². The number of hydrogen-bond acceptors (Lipinski definition) is 3.